The third kappa shape index (κ3) is 4.18. The van der Waals surface area contributed by atoms with E-state index in [2.05, 4.69) is 37.2 Å². The molecule has 1 aromatic carbocycles. The number of carbonyl (C=O) groups is 1. The number of carbonyl (C=O) groups excluding carboxylic acids is 1. The molecule has 0 aliphatic heterocycles. The number of hydrogen-bond donors (Lipinski definition) is 1. The van der Waals surface area contributed by atoms with Crippen molar-refractivity contribution in [3.63, 3.8) is 0 Å². The van der Waals surface area contributed by atoms with Crippen molar-refractivity contribution in [1.29, 1.82) is 0 Å². The van der Waals surface area contributed by atoms with Crippen LogP contribution in [0.2, 0.25) is 0 Å². The van der Waals surface area contributed by atoms with Gasteiger partial charge in [0.1, 0.15) is 5.76 Å². The Balaban J connectivity index is 2.07. The average molecular weight is 416 g/mol. The molecule has 1 atom stereocenters. The molecular weight excluding hydrogens is 400 g/mol. The summed E-state index contributed by atoms with van der Waals surface area (Å²) in [4.78, 5) is 14.3. The Bertz CT molecular complexity index is 612. The summed E-state index contributed by atoms with van der Waals surface area (Å²) in [6, 6.07) is 9.26. The van der Waals surface area contributed by atoms with Crippen LogP contribution in [0.25, 0.3) is 0 Å². The number of hydrogen-bond acceptors (Lipinski definition) is 3. The molecule has 2 aromatic rings. The monoisotopic (exact) mass is 414 g/mol. The van der Waals surface area contributed by atoms with Crippen molar-refractivity contribution >= 4 is 37.8 Å². The van der Waals surface area contributed by atoms with Crippen LogP contribution in [0.15, 0.2) is 50.0 Å². The molecule has 0 radical (unpaired) electrons. The highest BCUT2D eigenvalue weighted by Crippen LogP contribution is 2.22. The molecule has 1 unspecified atom stereocenters. The Labute approximate surface area is 140 Å². The summed E-state index contributed by atoms with van der Waals surface area (Å²) in [5.41, 5.74) is 0.598. The molecule has 2 rings (SSSR count). The molecule has 6 heteroatoms. The van der Waals surface area contributed by atoms with Gasteiger partial charge in [0, 0.05) is 15.5 Å². The fraction of sp³-hybridized carbons (Fsp3) is 0.267. The van der Waals surface area contributed by atoms with E-state index in [9.17, 15) is 4.79 Å². The van der Waals surface area contributed by atoms with Crippen LogP contribution in [0.1, 0.15) is 22.2 Å². The van der Waals surface area contributed by atoms with Gasteiger partial charge in [0.15, 0.2) is 0 Å². The standard InChI is InChI=1S/C15H16Br2N2O2/c1-19(2)13(14-4-3-7-21-14)9-18-15(20)11-8-10(16)5-6-12(11)17/h3-8,13H,9H2,1-2H3,(H,18,20). The summed E-state index contributed by atoms with van der Waals surface area (Å²) < 4.78 is 7.06. The zero-order valence-corrected chi connectivity index (χ0v) is 14.9. The quantitative estimate of drug-likeness (QED) is 0.806. The number of benzene rings is 1. The molecule has 0 bridgehead atoms. The summed E-state index contributed by atoms with van der Waals surface area (Å²) in [5, 5.41) is 2.95. The number of nitrogens with one attached hydrogen (secondary N) is 1. The van der Waals surface area contributed by atoms with E-state index in [-0.39, 0.29) is 11.9 Å². The van der Waals surface area contributed by atoms with Crippen molar-refractivity contribution in [3.05, 3.63) is 56.9 Å². The number of likely N-dealkylation sites (N-methyl/N-ethyl adjacent to an activating group) is 1. The smallest absolute Gasteiger partial charge is 0.252 e. The predicted molar refractivity (Wildman–Crippen MR) is 89.3 cm³/mol. The fourth-order valence-corrected chi connectivity index (χ4v) is 2.76. The molecule has 0 saturated carbocycles. The molecule has 0 saturated heterocycles. The topological polar surface area (TPSA) is 45.5 Å². The molecule has 0 aliphatic rings. The normalized spacial score (nSPS) is 12.4. The number of nitrogens with zero attached hydrogens (tertiary/aromatic N) is 1. The predicted octanol–water partition coefficient (Wildman–Crippen LogP) is 3.84. The lowest BCUT2D eigenvalue weighted by molar-refractivity contribution is 0.0938. The van der Waals surface area contributed by atoms with Crippen molar-refractivity contribution in [2.75, 3.05) is 20.6 Å². The molecule has 0 aliphatic carbocycles. The SMILES string of the molecule is CN(C)C(CNC(=O)c1cc(Br)ccc1Br)c1ccco1. The maximum Gasteiger partial charge on any atom is 0.252 e. The minimum atomic E-state index is -0.124. The Kier molecular flexibility index (Phi) is 5.61. The number of amides is 1. The van der Waals surface area contributed by atoms with E-state index in [0.717, 1.165) is 14.7 Å². The van der Waals surface area contributed by atoms with Gasteiger partial charge in [-0.2, -0.15) is 0 Å². The van der Waals surface area contributed by atoms with Crippen LogP contribution in [0.4, 0.5) is 0 Å². The van der Waals surface area contributed by atoms with Crippen molar-refractivity contribution in [2.24, 2.45) is 0 Å². The Hall–Kier alpha value is -1.11. The lowest BCUT2D eigenvalue weighted by atomic mass is 10.2. The number of rotatable bonds is 5. The van der Waals surface area contributed by atoms with Gasteiger partial charge >= 0.3 is 0 Å². The molecular formula is C15H16Br2N2O2. The molecule has 1 aromatic heterocycles. The highest BCUT2D eigenvalue weighted by molar-refractivity contribution is 9.11. The fourth-order valence-electron chi connectivity index (χ4n) is 1.97. The van der Waals surface area contributed by atoms with E-state index in [0.29, 0.717) is 12.1 Å². The van der Waals surface area contributed by atoms with Crippen molar-refractivity contribution < 1.29 is 9.21 Å². The van der Waals surface area contributed by atoms with E-state index < -0.39 is 0 Å². The highest BCUT2D eigenvalue weighted by Gasteiger charge is 2.19. The third-order valence-corrected chi connectivity index (χ3v) is 4.31. The largest absolute Gasteiger partial charge is 0.468 e. The molecule has 21 heavy (non-hydrogen) atoms. The van der Waals surface area contributed by atoms with Gasteiger partial charge < -0.3 is 9.73 Å². The molecule has 1 heterocycles. The van der Waals surface area contributed by atoms with Gasteiger partial charge in [0.25, 0.3) is 5.91 Å². The van der Waals surface area contributed by atoms with Crippen molar-refractivity contribution in [3.8, 4) is 0 Å². The van der Waals surface area contributed by atoms with Crippen LogP contribution in [0.3, 0.4) is 0 Å². The van der Waals surface area contributed by atoms with Gasteiger partial charge in [-0.15, -0.1) is 0 Å². The van der Waals surface area contributed by atoms with Gasteiger partial charge in [0.2, 0.25) is 0 Å². The summed E-state index contributed by atoms with van der Waals surface area (Å²) in [6.07, 6.45) is 1.64. The molecule has 4 nitrogen and oxygen atoms in total. The summed E-state index contributed by atoms with van der Waals surface area (Å²) in [7, 11) is 3.91. The number of furan rings is 1. The van der Waals surface area contributed by atoms with Crippen LogP contribution in [-0.4, -0.2) is 31.4 Å². The highest BCUT2D eigenvalue weighted by atomic mass is 79.9. The Morgan fingerprint density at radius 1 is 1.33 bits per heavy atom. The Morgan fingerprint density at radius 3 is 2.71 bits per heavy atom. The van der Waals surface area contributed by atoms with Gasteiger partial charge in [-0.25, -0.2) is 0 Å². The van der Waals surface area contributed by atoms with Gasteiger partial charge in [-0.3, -0.25) is 9.69 Å². The second kappa shape index (κ2) is 7.24. The van der Waals surface area contributed by atoms with E-state index in [1.807, 2.05) is 43.3 Å². The molecule has 0 spiro atoms. The molecule has 1 N–H and O–H groups in total. The maximum absolute atomic E-state index is 12.3. The zero-order chi connectivity index (χ0) is 15.4. The molecule has 1 amide bonds. The first kappa shape index (κ1) is 16.3. The van der Waals surface area contributed by atoms with Gasteiger partial charge in [-0.1, -0.05) is 15.9 Å². The first-order valence-electron chi connectivity index (χ1n) is 6.42. The van der Waals surface area contributed by atoms with Crippen molar-refractivity contribution in [1.82, 2.24) is 10.2 Å². The second-order valence-electron chi connectivity index (χ2n) is 4.83. The van der Waals surface area contributed by atoms with Gasteiger partial charge in [-0.05, 0) is 60.4 Å². The minimum Gasteiger partial charge on any atom is -0.468 e. The summed E-state index contributed by atoms with van der Waals surface area (Å²) in [6.45, 7) is 0.471. The van der Waals surface area contributed by atoms with E-state index in [4.69, 9.17) is 4.42 Å². The molecule has 0 fully saturated rings. The van der Waals surface area contributed by atoms with E-state index in [1.165, 1.54) is 0 Å². The van der Waals surface area contributed by atoms with Crippen LogP contribution in [0.5, 0.6) is 0 Å². The summed E-state index contributed by atoms with van der Waals surface area (Å²) >= 11 is 6.77. The zero-order valence-electron chi connectivity index (χ0n) is 11.8. The minimum absolute atomic E-state index is 0.00474. The lowest BCUT2D eigenvalue weighted by Crippen LogP contribution is -2.34. The van der Waals surface area contributed by atoms with E-state index >= 15 is 0 Å². The lowest BCUT2D eigenvalue weighted by Gasteiger charge is -2.22. The number of halogens is 2. The molecule has 112 valence electrons. The van der Waals surface area contributed by atoms with Crippen LogP contribution in [0, 0.1) is 0 Å². The second-order valence-corrected chi connectivity index (χ2v) is 6.60. The summed E-state index contributed by atoms with van der Waals surface area (Å²) in [5.74, 6) is 0.704. The first-order valence-corrected chi connectivity index (χ1v) is 8.00. The van der Waals surface area contributed by atoms with Crippen LogP contribution < -0.4 is 5.32 Å². The first-order chi connectivity index (χ1) is 9.99. The third-order valence-electron chi connectivity index (χ3n) is 3.12. The van der Waals surface area contributed by atoms with Crippen LogP contribution >= 0.6 is 31.9 Å². The Morgan fingerprint density at radius 2 is 2.10 bits per heavy atom. The van der Waals surface area contributed by atoms with Gasteiger partial charge in [0.05, 0.1) is 17.9 Å². The van der Waals surface area contributed by atoms with E-state index in [1.54, 1.807) is 12.3 Å². The van der Waals surface area contributed by atoms with Crippen LogP contribution in [-0.2, 0) is 0 Å². The average Bonchev–Trinajstić information content (AvgIpc) is 2.95. The maximum atomic E-state index is 12.3. The van der Waals surface area contributed by atoms with Crippen molar-refractivity contribution in [2.45, 2.75) is 6.04 Å².